The summed E-state index contributed by atoms with van der Waals surface area (Å²) in [6, 6.07) is 6.27. The predicted octanol–water partition coefficient (Wildman–Crippen LogP) is 5.48. The van der Waals surface area contributed by atoms with Crippen LogP contribution in [0, 0.1) is 12.8 Å². The molecule has 8 nitrogen and oxygen atoms in total. The Morgan fingerprint density at radius 2 is 2.08 bits per heavy atom. The third-order valence-electron chi connectivity index (χ3n) is 6.44. The Hall–Kier alpha value is -3.57. The third kappa shape index (κ3) is 6.28. The van der Waals surface area contributed by atoms with Crippen LogP contribution in [-0.4, -0.2) is 38.1 Å². The number of halogens is 4. The number of carboxylic acid groups (broad SMARTS) is 1. The number of aromatic nitrogens is 3. The van der Waals surface area contributed by atoms with Gasteiger partial charge in [0, 0.05) is 23.0 Å². The Labute approximate surface area is 222 Å². The number of allylic oxidation sites excluding steroid dienone is 2. The van der Waals surface area contributed by atoms with Gasteiger partial charge in [-0.05, 0) is 73.9 Å². The molecule has 0 aliphatic heterocycles. The zero-order chi connectivity index (χ0) is 27.6. The molecular weight excluding hydrogens is 523 g/mol. The maximum atomic E-state index is 14.3. The van der Waals surface area contributed by atoms with Gasteiger partial charge in [0.1, 0.15) is 6.04 Å². The number of carbonyl (C=O) groups is 1. The minimum absolute atomic E-state index is 0.0434. The second-order valence-electron chi connectivity index (χ2n) is 9.31. The number of benzene rings is 1. The molecule has 0 bridgehead atoms. The molecule has 12 heteroatoms. The molecule has 0 fully saturated rings. The van der Waals surface area contributed by atoms with Gasteiger partial charge in [-0.25, -0.2) is 9.67 Å². The second-order valence-corrected chi connectivity index (χ2v) is 9.75. The van der Waals surface area contributed by atoms with Gasteiger partial charge in [0.25, 0.3) is 0 Å². The summed E-state index contributed by atoms with van der Waals surface area (Å²) in [6.07, 6.45) is 0.124. The van der Waals surface area contributed by atoms with Gasteiger partial charge in [-0.3, -0.25) is 4.79 Å². The molecular formula is C26H27ClF3N5O3. The van der Waals surface area contributed by atoms with Crippen LogP contribution >= 0.6 is 11.6 Å². The maximum Gasteiger partial charge on any atom is 0.429 e. The van der Waals surface area contributed by atoms with E-state index in [0.717, 1.165) is 12.0 Å². The van der Waals surface area contributed by atoms with Crippen molar-refractivity contribution in [1.29, 1.82) is 0 Å². The number of hydrogen-bond acceptors (Lipinski definition) is 6. The Kier molecular flexibility index (Phi) is 7.98. The van der Waals surface area contributed by atoms with Crippen molar-refractivity contribution in [2.45, 2.75) is 50.9 Å². The van der Waals surface area contributed by atoms with Gasteiger partial charge in [0.2, 0.25) is 12.0 Å². The first-order valence-electron chi connectivity index (χ1n) is 11.9. The Balaban J connectivity index is 1.58. The molecule has 38 heavy (non-hydrogen) atoms. The molecule has 202 valence electrons. The third-order valence-corrected chi connectivity index (χ3v) is 6.68. The number of rotatable bonds is 8. The lowest BCUT2D eigenvalue weighted by Gasteiger charge is -2.25. The van der Waals surface area contributed by atoms with Crippen molar-refractivity contribution < 1.29 is 27.8 Å². The van der Waals surface area contributed by atoms with E-state index in [1.54, 1.807) is 13.0 Å². The van der Waals surface area contributed by atoms with Gasteiger partial charge in [-0.15, -0.1) is 0 Å². The molecule has 2 aromatic heterocycles. The maximum absolute atomic E-state index is 14.3. The average molecular weight is 550 g/mol. The Bertz CT molecular complexity index is 1360. The minimum Gasteiger partial charge on any atom is -0.480 e. The van der Waals surface area contributed by atoms with E-state index in [1.165, 1.54) is 41.3 Å². The first-order chi connectivity index (χ1) is 17.9. The van der Waals surface area contributed by atoms with Crippen LogP contribution in [-0.2, 0) is 4.79 Å². The fraction of sp³-hybridized carbons (Fsp3) is 0.346. The number of anilines is 1. The predicted molar refractivity (Wildman–Crippen MR) is 137 cm³/mol. The summed E-state index contributed by atoms with van der Waals surface area (Å²) in [6.45, 7) is 1.72. The molecule has 0 saturated carbocycles. The standard InChI is InChI=1S/C26H27ClF3N5O3/c1-14-8-9-35(34-14)22-12-18(27)6-7-19(22)23(26(28,29)30)38-24-20(31)11-17(13-33-24)16-4-2-15(3-5-16)10-21(32)25(36)37/h4,6-9,11-13,15,21,23H,2-3,5,10,31-32H2,1H3,(H,36,37). The molecule has 1 aromatic carbocycles. The van der Waals surface area contributed by atoms with Gasteiger partial charge < -0.3 is 21.3 Å². The fourth-order valence-electron chi connectivity index (χ4n) is 4.47. The highest BCUT2D eigenvalue weighted by molar-refractivity contribution is 6.30. The van der Waals surface area contributed by atoms with Crippen molar-refractivity contribution in [3.05, 3.63) is 70.6 Å². The van der Waals surface area contributed by atoms with Gasteiger partial charge in [-0.1, -0.05) is 23.7 Å². The van der Waals surface area contributed by atoms with E-state index >= 15 is 0 Å². The molecule has 2 heterocycles. The van der Waals surface area contributed by atoms with Crippen molar-refractivity contribution in [3.63, 3.8) is 0 Å². The highest BCUT2D eigenvalue weighted by Crippen LogP contribution is 2.41. The molecule has 0 saturated heterocycles. The summed E-state index contributed by atoms with van der Waals surface area (Å²) in [4.78, 5) is 15.1. The van der Waals surface area contributed by atoms with E-state index in [0.29, 0.717) is 30.5 Å². The molecule has 0 amide bonds. The normalized spacial score (nSPS) is 17.5. The summed E-state index contributed by atoms with van der Waals surface area (Å²) in [5.74, 6) is -1.25. The second kappa shape index (κ2) is 11.0. The Morgan fingerprint density at radius 3 is 2.66 bits per heavy atom. The number of pyridine rings is 1. The molecule has 3 unspecified atom stereocenters. The number of ether oxygens (including phenoxy) is 1. The molecule has 3 atom stereocenters. The van der Waals surface area contributed by atoms with Crippen LogP contribution in [0.2, 0.25) is 5.02 Å². The lowest BCUT2D eigenvalue weighted by atomic mass is 9.83. The molecule has 1 aliphatic rings. The first kappa shape index (κ1) is 27.5. The number of nitrogens with two attached hydrogens (primary N) is 2. The number of nitrogens with zero attached hydrogens (tertiary/aromatic N) is 3. The molecule has 3 aromatic rings. The van der Waals surface area contributed by atoms with Crippen molar-refractivity contribution in [1.82, 2.24) is 14.8 Å². The number of alkyl halides is 3. The van der Waals surface area contributed by atoms with Crippen molar-refractivity contribution in [2.24, 2.45) is 11.7 Å². The van der Waals surface area contributed by atoms with E-state index in [-0.39, 0.29) is 33.8 Å². The van der Waals surface area contributed by atoms with E-state index in [9.17, 15) is 18.0 Å². The number of carboxylic acids is 1. The SMILES string of the molecule is Cc1ccn(-c2cc(Cl)ccc2C(Oc2ncc(C3=CCC(CC(N)C(=O)O)CC3)cc2N)C(F)(F)F)n1. The largest absolute Gasteiger partial charge is 0.480 e. The summed E-state index contributed by atoms with van der Waals surface area (Å²) in [5, 5.41) is 13.5. The van der Waals surface area contributed by atoms with Crippen LogP contribution in [0.15, 0.2) is 48.8 Å². The molecule has 0 radical (unpaired) electrons. The number of nitrogen functional groups attached to an aromatic ring is 1. The number of hydrogen-bond donors (Lipinski definition) is 3. The number of aryl methyl sites for hydroxylation is 1. The lowest BCUT2D eigenvalue weighted by Crippen LogP contribution is -2.32. The van der Waals surface area contributed by atoms with Gasteiger partial charge >= 0.3 is 12.1 Å². The zero-order valence-corrected chi connectivity index (χ0v) is 21.2. The number of aliphatic carboxylic acids is 1. The average Bonchev–Trinajstić information content (AvgIpc) is 3.29. The lowest BCUT2D eigenvalue weighted by molar-refractivity contribution is -0.198. The summed E-state index contributed by atoms with van der Waals surface area (Å²) in [5.41, 5.74) is 13.8. The highest BCUT2D eigenvalue weighted by atomic mass is 35.5. The summed E-state index contributed by atoms with van der Waals surface area (Å²) in [7, 11) is 0. The van der Waals surface area contributed by atoms with Crippen LogP contribution in [0.4, 0.5) is 18.9 Å². The molecule has 5 N–H and O–H groups in total. The topological polar surface area (TPSA) is 129 Å². The molecule has 0 spiro atoms. The van der Waals surface area contributed by atoms with Gasteiger partial charge in [0.05, 0.1) is 17.1 Å². The Morgan fingerprint density at radius 1 is 1.32 bits per heavy atom. The van der Waals surface area contributed by atoms with E-state index < -0.39 is 24.3 Å². The van der Waals surface area contributed by atoms with Crippen molar-refractivity contribution in [2.75, 3.05) is 5.73 Å². The van der Waals surface area contributed by atoms with Crippen LogP contribution in [0.1, 0.15) is 48.6 Å². The summed E-state index contributed by atoms with van der Waals surface area (Å²) >= 11 is 6.08. The monoisotopic (exact) mass is 549 g/mol. The highest BCUT2D eigenvalue weighted by Gasteiger charge is 2.45. The fourth-order valence-corrected chi connectivity index (χ4v) is 4.64. The van der Waals surface area contributed by atoms with Crippen LogP contribution in [0.25, 0.3) is 11.3 Å². The van der Waals surface area contributed by atoms with Crippen molar-refractivity contribution in [3.8, 4) is 11.6 Å². The van der Waals surface area contributed by atoms with Gasteiger partial charge in [0.15, 0.2) is 0 Å². The van der Waals surface area contributed by atoms with E-state index in [2.05, 4.69) is 10.1 Å². The van der Waals surface area contributed by atoms with Crippen LogP contribution < -0.4 is 16.2 Å². The quantitative estimate of drug-likeness (QED) is 0.339. The minimum atomic E-state index is -4.80. The van der Waals surface area contributed by atoms with E-state index in [4.69, 9.17) is 32.9 Å². The smallest absolute Gasteiger partial charge is 0.429 e. The first-order valence-corrected chi connectivity index (χ1v) is 12.3. The van der Waals surface area contributed by atoms with E-state index in [1.807, 2.05) is 6.08 Å². The van der Waals surface area contributed by atoms with Crippen LogP contribution in [0.3, 0.4) is 0 Å². The van der Waals surface area contributed by atoms with Crippen molar-refractivity contribution >= 4 is 28.8 Å². The zero-order valence-electron chi connectivity index (χ0n) is 20.5. The molecule has 1 aliphatic carbocycles. The van der Waals surface area contributed by atoms with Gasteiger partial charge in [-0.2, -0.15) is 18.3 Å². The van der Waals surface area contributed by atoms with Crippen LogP contribution in [0.5, 0.6) is 5.88 Å². The summed E-state index contributed by atoms with van der Waals surface area (Å²) < 4.78 is 49.5. The molecule has 4 rings (SSSR count).